The molecule has 0 radical (unpaired) electrons. The minimum absolute atomic E-state index is 0.0781. The molecule has 0 aliphatic heterocycles. The molecule has 1 aromatic rings. The van der Waals surface area contributed by atoms with Crippen molar-refractivity contribution in [2.75, 3.05) is 18.1 Å². The fourth-order valence-corrected chi connectivity index (χ4v) is 3.08. The van der Waals surface area contributed by atoms with Crippen LogP contribution in [0.1, 0.15) is 12.5 Å². The van der Waals surface area contributed by atoms with Crippen LogP contribution in [0.25, 0.3) is 0 Å². The number of benzene rings is 1. The van der Waals surface area contributed by atoms with E-state index in [1.165, 1.54) is 6.92 Å². The predicted molar refractivity (Wildman–Crippen MR) is 79.5 cm³/mol. The largest absolute Gasteiger partial charge is 0.214 e. The Morgan fingerprint density at radius 3 is 2.15 bits per heavy atom. The van der Waals surface area contributed by atoms with Crippen LogP contribution in [0.2, 0.25) is 5.02 Å². The van der Waals surface area contributed by atoms with Crippen LogP contribution in [0.5, 0.6) is 0 Å². The van der Waals surface area contributed by atoms with Gasteiger partial charge in [-0.3, -0.25) is 0 Å². The second-order valence-corrected chi connectivity index (χ2v) is 8.52. The lowest BCUT2D eigenvalue weighted by molar-refractivity contribution is 0.575. The van der Waals surface area contributed by atoms with E-state index in [-0.39, 0.29) is 24.6 Å². The maximum Gasteiger partial charge on any atom is 0.213 e. The van der Waals surface area contributed by atoms with E-state index in [0.717, 1.165) is 5.56 Å². The number of hydrogen-bond acceptors (Lipinski definition) is 4. The van der Waals surface area contributed by atoms with Gasteiger partial charge in [-0.2, -0.15) is 0 Å². The van der Waals surface area contributed by atoms with Crippen molar-refractivity contribution < 1.29 is 16.8 Å². The highest BCUT2D eigenvalue weighted by molar-refractivity contribution is 7.90. The van der Waals surface area contributed by atoms with Crippen molar-refractivity contribution in [1.82, 2.24) is 9.44 Å². The predicted octanol–water partition coefficient (Wildman–Crippen LogP) is 0.699. The Morgan fingerprint density at radius 2 is 1.60 bits per heavy atom. The molecule has 0 aromatic heterocycles. The lowest BCUT2D eigenvalue weighted by Gasteiger charge is -2.08. The van der Waals surface area contributed by atoms with Crippen LogP contribution < -0.4 is 9.44 Å². The molecular weight excluding hydrogens is 324 g/mol. The molecule has 6 nitrogen and oxygen atoms in total. The normalized spacial score (nSPS) is 12.5. The van der Waals surface area contributed by atoms with Crippen molar-refractivity contribution in [2.45, 2.75) is 13.5 Å². The average Bonchev–Trinajstić information content (AvgIpc) is 2.38. The molecule has 1 rings (SSSR count). The Hall–Kier alpha value is -0.670. The fraction of sp³-hybridized carbons (Fsp3) is 0.455. The number of nitrogens with one attached hydrogen (secondary N) is 2. The second kappa shape index (κ2) is 7.37. The molecule has 0 bridgehead atoms. The van der Waals surface area contributed by atoms with Gasteiger partial charge in [-0.05, 0) is 24.6 Å². The van der Waals surface area contributed by atoms with E-state index in [9.17, 15) is 16.8 Å². The fourth-order valence-electron chi connectivity index (χ4n) is 1.30. The second-order valence-electron chi connectivity index (χ2n) is 4.06. The molecule has 9 heteroatoms. The Morgan fingerprint density at radius 1 is 1.00 bits per heavy atom. The summed E-state index contributed by atoms with van der Waals surface area (Å²) in [4.78, 5) is 0. The zero-order valence-electron chi connectivity index (χ0n) is 11.0. The quantitative estimate of drug-likeness (QED) is 0.728. The van der Waals surface area contributed by atoms with Gasteiger partial charge in [0.1, 0.15) is 0 Å². The van der Waals surface area contributed by atoms with Gasteiger partial charge in [0, 0.05) is 18.1 Å². The Labute approximate surface area is 124 Å². The molecule has 0 amide bonds. The van der Waals surface area contributed by atoms with E-state index in [0.29, 0.717) is 5.02 Å². The minimum atomic E-state index is -3.53. The van der Waals surface area contributed by atoms with Gasteiger partial charge in [0.25, 0.3) is 0 Å². The zero-order valence-corrected chi connectivity index (χ0v) is 13.4. The van der Waals surface area contributed by atoms with Gasteiger partial charge >= 0.3 is 0 Å². The standard InChI is InChI=1S/C11H17ClN2O4S2/c1-2-19(15,16)13-7-8-20(17,18)14-9-10-3-5-11(12)6-4-10/h3-6,13-14H,2,7-9H2,1H3. The van der Waals surface area contributed by atoms with Crippen molar-refractivity contribution in [3.8, 4) is 0 Å². The van der Waals surface area contributed by atoms with Gasteiger partial charge in [0.05, 0.1) is 11.5 Å². The highest BCUT2D eigenvalue weighted by atomic mass is 35.5. The smallest absolute Gasteiger partial charge is 0.213 e. The summed E-state index contributed by atoms with van der Waals surface area (Å²) in [5.41, 5.74) is 0.770. The lowest BCUT2D eigenvalue weighted by atomic mass is 10.2. The van der Waals surface area contributed by atoms with Crippen molar-refractivity contribution in [3.05, 3.63) is 34.9 Å². The van der Waals surface area contributed by atoms with Crippen LogP contribution in [-0.2, 0) is 26.6 Å². The number of halogens is 1. The molecule has 0 spiro atoms. The van der Waals surface area contributed by atoms with Crippen LogP contribution in [-0.4, -0.2) is 34.9 Å². The molecule has 0 atom stereocenters. The van der Waals surface area contributed by atoms with Gasteiger partial charge < -0.3 is 0 Å². The van der Waals surface area contributed by atoms with Gasteiger partial charge in [-0.1, -0.05) is 23.7 Å². The van der Waals surface area contributed by atoms with Crippen molar-refractivity contribution in [1.29, 1.82) is 0 Å². The third-order valence-corrected chi connectivity index (χ3v) is 5.46. The first-order valence-corrected chi connectivity index (χ1v) is 9.61. The van der Waals surface area contributed by atoms with E-state index < -0.39 is 20.0 Å². The minimum Gasteiger partial charge on any atom is -0.214 e. The molecule has 1 aromatic carbocycles. The first-order valence-electron chi connectivity index (χ1n) is 5.93. The van der Waals surface area contributed by atoms with E-state index in [1.807, 2.05) is 0 Å². The summed E-state index contributed by atoms with van der Waals surface area (Å²) in [6.45, 7) is 1.47. The molecule has 0 aliphatic carbocycles. The van der Waals surface area contributed by atoms with E-state index >= 15 is 0 Å². The number of hydrogen-bond donors (Lipinski definition) is 2. The van der Waals surface area contributed by atoms with E-state index in [1.54, 1.807) is 24.3 Å². The number of rotatable bonds is 8. The van der Waals surface area contributed by atoms with Crippen LogP contribution >= 0.6 is 11.6 Å². The Kier molecular flexibility index (Phi) is 6.41. The highest BCUT2D eigenvalue weighted by Crippen LogP contribution is 2.09. The molecule has 20 heavy (non-hydrogen) atoms. The third kappa shape index (κ3) is 6.67. The molecule has 0 heterocycles. The Bertz CT molecular complexity index is 627. The molecule has 2 N–H and O–H groups in total. The van der Waals surface area contributed by atoms with E-state index in [2.05, 4.69) is 9.44 Å². The third-order valence-electron chi connectivity index (χ3n) is 2.48. The summed E-state index contributed by atoms with van der Waals surface area (Å²) in [7, 11) is -6.90. The molecule has 114 valence electrons. The summed E-state index contributed by atoms with van der Waals surface area (Å²) >= 11 is 5.72. The summed E-state index contributed by atoms with van der Waals surface area (Å²) in [5, 5.41) is 0.575. The molecule has 0 saturated heterocycles. The van der Waals surface area contributed by atoms with Crippen LogP contribution in [0.3, 0.4) is 0 Å². The maximum absolute atomic E-state index is 11.7. The lowest BCUT2D eigenvalue weighted by Crippen LogP contribution is -2.34. The first-order chi connectivity index (χ1) is 9.24. The molecule has 0 aliphatic rings. The van der Waals surface area contributed by atoms with Gasteiger partial charge in [-0.15, -0.1) is 0 Å². The topological polar surface area (TPSA) is 92.3 Å². The Balaban J connectivity index is 2.44. The molecule has 0 fully saturated rings. The van der Waals surface area contributed by atoms with Crippen LogP contribution in [0, 0.1) is 0 Å². The monoisotopic (exact) mass is 340 g/mol. The van der Waals surface area contributed by atoms with Gasteiger partial charge in [0.15, 0.2) is 0 Å². The van der Waals surface area contributed by atoms with Crippen LogP contribution in [0.4, 0.5) is 0 Å². The van der Waals surface area contributed by atoms with E-state index in [4.69, 9.17) is 11.6 Å². The first kappa shape index (κ1) is 17.4. The van der Waals surface area contributed by atoms with Crippen LogP contribution in [0.15, 0.2) is 24.3 Å². The number of sulfonamides is 2. The average molecular weight is 341 g/mol. The zero-order chi connectivity index (χ0) is 15.2. The summed E-state index contributed by atoms with van der Waals surface area (Å²) < 4.78 is 50.3. The van der Waals surface area contributed by atoms with Crippen molar-refractivity contribution in [2.24, 2.45) is 0 Å². The van der Waals surface area contributed by atoms with Crippen molar-refractivity contribution in [3.63, 3.8) is 0 Å². The summed E-state index contributed by atoms with van der Waals surface area (Å²) in [5.74, 6) is -0.384. The molecule has 0 unspecified atom stereocenters. The molecule has 0 saturated carbocycles. The summed E-state index contributed by atoms with van der Waals surface area (Å²) in [6, 6.07) is 6.76. The van der Waals surface area contributed by atoms with Crippen molar-refractivity contribution >= 4 is 31.6 Å². The summed E-state index contributed by atoms with van der Waals surface area (Å²) in [6.07, 6.45) is 0. The highest BCUT2D eigenvalue weighted by Gasteiger charge is 2.12. The van der Waals surface area contributed by atoms with Gasteiger partial charge in [0.2, 0.25) is 20.0 Å². The maximum atomic E-state index is 11.7. The SMILES string of the molecule is CCS(=O)(=O)NCCS(=O)(=O)NCc1ccc(Cl)cc1. The van der Waals surface area contributed by atoms with Gasteiger partial charge in [-0.25, -0.2) is 26.3 Å². The molecular formula is C11H17ClN2O4S2.